The predicted octanol–water partition coefficient (Wildman–Crippen LogP) is 3.24. The van der Waals surface area contributed by atoms with Crippen molar-refractivity contribution >= 4 is 32.8 Å². The van der Waals surface area contributed by atoms with Crippen LogP contribution in [0.25, 0.3) is 10.9 Å². The zero-order chi connectivity index (χ0) is 18.4. The van der Waals surface area contributed by atoms with E-state index in [9.17, 15) is 9.59 Å². The summed E-state index contributed by atoms with van der Waals surface area (Å²) in [5.41, 5.74) is 0.406. The van der Waals surface area contributed by atoms with Gasteiger partial charge in [0.15, 0.2) is 0 Å². The van der Waals surface area contributed by atoms with Gasteiger partial charge in [0, 0.05) is 10.9 Å². The number of esters is 1. The minimum Gasteiger partial charge on any atom is -0.490 e. The van der Waals surface area contributed by atoms with Crippen LogP contribution in [0.4, 0.5) is 0 Å². The van der Waals surface area contributed by atoms with Gasteiger partial charge in [-0.05, 0) is 30.3 Å². The maximum absolute atomic E-state index is 12.0. The Bertz CT molecular complexity index is 971. The van der Waals surface area contributed by atoms with Crippen LogP contribution >= 0.6 is 15.9 Å². The summed E-state index contributed by atoms with van der Waals surface area (Å²) in [6.45, 7) is 0.431. The smallest absolute Gasteiger partial charge is 0.306 e. The molecule has 0 fully saturated rings. The number of aryl methyl sites for hydroxylation is 1. The summed E-state index contributed by atoms with van der Waals surface area (Å²) < 4.78 is 11.6. The Morgan fingerprint density at radius 2 is 1.96 bits per heavy atom. The van der Waals surface area contributed by atoms with Crippen LogP contribution in [0.15, 0.2) is 57.8 Å². The summed E-state index contributed by atoms with van der Waals surface area (Å²) in [6, 6.07) is 14.5. The molecule has 0 unspecified atom stereocenters. The third kappa shape index (κ3) is 4.92. The summed E-state index contributed by atoms with van der Waals surface area (Å²) in [7, 11) is 0. The molecule has 7 heteroatoms. The zero-order valence-corrected chi connectivity index (χ0v) is 15.5. The predicted molar refractivity (Wildman–Crippen MR) is 101 cm³/mol. The van der Waals surface area contributed by atoms with E-state index in [1.807, 2.05) is 30.3 Å². The molecule has 0 aliphatic carbocycles. The van der Waals surface area contributed by atoms with Crippen LogP contribution in [0.5, 0.6) is 5.75 Å². The fraction of sp³-hybridized carbons (Fsp3) is 0.211. The van der Waals surface area contributed by atoms with Gasteiger partial charge in [0.25, 0.3) is 5.56 Å². The number of hydrogen-bond acceptors (Lipinski definition) is 5. The van der Waals surface area contributed by atoms with Crippen molar-refractivity contribution in [1.82, 2.24) is 9.97 Å². The second-order valence-corrected chi connectivity index (χ2v) is 6.47. The second-order valence-electron chi connectivity index (χ2n) is 5.56. The molecule has 0 amide bonds. The molecule has 1 aromatic heterocycles. The van der Waals surface area contributed by atoms with Crippen LogP contribution in [-0.2, 0) is 16.0 Å². The van der Waals surface area contributed by atoms with Gasteiger partial charge in [-0.1, -0.05) is 34.1 Å². The van der Waals surface area contributed by atoms with E-state index >= 15 is 0 Å². The van der Waals surface area contributed by atoms with E-state index in [4.69, 9.17) is 9.47 Å². The van der Waals surface area contributed by atoms with Crippen LogP contribution in [-0.4, -0.2) is 29.2 Å². The number of nitrogens with zero attached hydrogens (tertiary/aromatic N) is 1. The molecule has 0 atom stereocenters. The number of fused-ring (bicyclic) bond motifs is 1. The summed E-state index contributed by atoms with van der Waals surface area (Å²) in [4.78, 5) is 30.9. The molecule has 0 spiro atoms. The Morgan fingerprint density at radius 1 is 1.12 bits per heavy atom. The van der Waals surface area contributed by atoms with Gasteiger partial charge in [-0.25, -0.2) is 4.98 Å². The number of nitrogens with one attached hydrogen (secondary N) is 1. The molecule has 0 saturated carbocycles. The fourth-order valence-corrected chi connectivity index (χ4v) is 2.80. The molecule has 0 bridgehead atoms. The number of aromatic nitrogens is 2. The largest absolute Gasteiger partial charge is 0.490 e. The molecule has 134 valence electrons. The number of para-hydroxylation sites is 1. The van der Waals surface area contributed by atoms with E-state index in [1.54, 1.807) is 18.2 Å². The lowest BCUT2D eigenvalue weighted by Gasteiger charge is -2.08. The van der Waals surface area contributed by atoms with Crippen molar-refractivity contribution in [2.75, 3.05) is 13.2 Å². The Labute approximate surface area is 158 Å². The number of carbonyl (C=O) groups is 1. The maximum Gasteiger partial charge on any atom is 0.306 e. The second kappa shape index (κ2) is 8.62. The van der Waals surface area contributed by atoms with Crippen molar-refractivity contribution < 1.29 is 14.3 Å². The maximum atomic E-state index is 12.0. The Balaban J connectivity index is 1.45. The number of rotatable bonds is 7. The number of aromatic amines is 1. The first-order chi connectivity index (χ1) is 12.6. The average Bonchev–Trinajstić information content (AvgIpc) is 2.64. The number of hydrogen-bond donors (Lipinski definition) is 1. The van der Waals surface area contributed by atoms with E-state index in [0.717, 1.165) is 4.47 Å². The van der Waals surface area contributed by atoms with Gasteiger partial charge < -0.3 is 14.5 Å². The summed E-state index contributed by atoms with van der Waals surface area (Å²) >= 11 is 3.36. The van der Waals surface area contributed by atoms with Gasteiger partial charge in [-0.15, -0.1) is 0 Å². The quantitative estimate of drug-likeness (QED) is 0.472. The molecule has 2 aromatic carbocycles. The number of H-pyrrole nitrogens is 1. The molecular weight excluding hydrogens is 400 g/mol. The first-order valence-electron chi connectivity index (χ1n) is 8.14. The monoisotopic (exact) mass is 416 g/mol. The number of benzene rings is 2. The Hall–Kier alpha value is -2.67. The van der Waals surface area contributed by atoms with Crippen molar-refractivity contribution in [3.63, 3.8) is 0 Å². The molecule has 1 N–H and O–H groups in total. The highest BCUT2D eigenvalue weighted by molar-refractivity contribution is 9.10. The van der Waals surface area contributed by atoms with Gasteiger partial charge in [-0.2, -0.15) is 0 Å². The van der Waals surface area contributed by atoms with Gasteiger partial charge >= 0.3 is 5.97 Å². The molecular formula is C19H17BrN2O4. The lowest BCUT2D eigenvalue weighted by molar-refractivity contribution is -0.144. The molecule has 0 radical (unpaired) electrons. The van der Waals surface area contributed by atoms with E-state index in [0.29, 0.717) is 28.9 Å². The molecule has 3 rings (SSSR count). The molecule has 26 heavy (non-hydrogen) atoms. The van der Waals surface area contributed by atoms with Crippen molar-refractivity contribution in [3.8, 4) is 5.75 Å². The molecule has 3 aromatic rings. The van der Waals surface area contributed by atoms with Crippen molar-refractivity contribution in [2.45, 2.75) is 12.8 Å². The zero-order valence-electron chi connectivity index (χ0n) is 13.9. The minimum absolute atomic E-state index is 0.137. The van der Waals surface area contributed by atoms with Crippen molar-refractivity contribution in [1.29, 1.82) is 0 Å². The van der Waals surface area contributed by atoms with E-state index in [-0.39, 0.29) is 31.2 Å². The first-order valence-corrected chi connectivity index (χ1v) is 8.93. The Kier molecular flexibility index (Phi) is 6.01. The summed E-state index contributed by atoms with van der Waals surface area (Å²) in [5.74, 6) is 0.808. The molecule has 6 nitrogen and oxygen atoms in total. The molecule has 0 aliphatic heterocycles. The van der Waals surface area contributed by atoms with Crippen LogP contribution in [0.3, 0.4) is 0 Å². The van der Waals surface area contributed by atoms with Crippen LogP contribution in [0, 0.1) is 0 Å². The van der Waals surface area contributed by atoms with Gasteiger partial charge in [0.2, 0.25) is 0 Å². The van der Waals surface area contributed by atoms with Gasteiger partial charge in [-0.3, -0.25) is 9.59 Å². The lowest BCUT2D eigenvalue weighted by Crippen LogP contribution is -2.15. The van der Waals surface area contributed by atoms with E-state index in [2.05, 4.69) is 25.9 Å². The topological polar surface area (TPSA) is 81.3 Å². The van der Waals surface area contributed by atoms with Crippen molar-refractivity contribution in [2.24, 2.45) is 0 Å². The molecule has 1 heterocycles. The standard InChI is InChI=1S/C19H17BrN2O4/c20-13-4-3-5-14(12-13)25-10-11-26-18(23)9-8-17-21-16-7-2-1-6-15(16)19(24)22-17/h1-7,12H,8-11H2,(H,21,22,24). The van der Waals surface area contributed by atoms with Crippen molar-refractivity contribution in [3.05, 3.63) is 69.2 Å². The number of ether oxygens (including phenoxy) is 2. The minimum atomic E-state index is -0.362. The van der Waals surface area contributed by atoms with E-state index in [1.165, 1.54) is 0 Å². The summed E-state index contributed by atoms with van der Waals surface area (Å²) in [5, 5.41) is 0.531. The third-order valence-corrected chi connectivity index (χ3v) is 4.13. The molecule has 0 aliphatic rings. The van der Waals surface area contributed by atoms with Crippen LogP contribution in [0.1, 0.15) is 12.2 Å². The highest BCUT2D eigenvalue weighted by atomic mass is 79.9. The van der Waals surface area contributed by atoms with Gasteiger partial charge in [0.05, 0.1) is 17.3 Å². The fourth-order valence-electron chi connectivity index (χ4n) is 2.42. The van der Waals surface area contributed by atoms with Crippen LogP contribution in [0.2, 0.25) is 0 Å². The lowest BCUT2D eigenvalue weighted by atomic mass is 10.2. The number of carbonyl (C=O) groups excluding carboxylic acids is 1. The highest BCUT2D eigenvalue weighted by Crippen LogP contribution is 2.17. The highest BCUT2D eigenvalue weighted by Gasteiger charge is 2.08. The average molecular weight is 417 g/mol. The normalized spacial score (nSPS) is 10.7. The summed E-state index contributed by atoms with van der Waals surface area (Å²) in [6.07, 6.45) is 0.448. The number of halogens is 1. The SMILES string of the molecule is O=C(CCc1nc2ccccc2c(=O)[nH]1)OCCOc1cccc(Br)c1. The van der Waals surface area contributed by atoms with Gasteiger partial charge in [0.1, 0.15) is 24.8 Å². The molecule has 0 saturated heterocycles. The first kappa shape index (κ1) is 18.1. The van der Waals surface area contributed by atoms with Crippen LogP contribution < -0.4 is 10.3 Å². The third-order valence-electron chi connectivity index (χ3n) is 3.64. The Morgan fingerprint density at radius 3 is 2.81 bits per heavy atom. The van der Waals surface area contributed by atoms with E-state index < -0.39 is 0 Å².